The second kappa shape index (κ2) is 4.95. The fourth-order valence-electron chi connectivity index (χ4n) is 1.66. The van der Waals surface area contributed by atoms with Crippen LogP contribution < -0.4 is 5.32 Å². The molecule has 12 heavy (non-hydrogen) atoms. The Morgan fingerprint density at radius 3 is 3.00 bits per heavy atom. The van der Waals surface area contributed by atoms with Crippen molar-refractivity contribution in [2.24, 2.45) is 5.92 Å². The van der Waals surface area contributed by atoms with Gasteiger partial charge in [-0.05, 0) is 31.7 Å². The van der Waals surface area contributed by atoms with E-state index in [4.69, 9.17) is 5.26 Å². The summed E-state index contributed by atoms with van der Waals surface area (Å²) in [5.74, 6) is 0.528. The van der Waals surface area contributed by atoms with Crippen molar-refractivity contribution in [3.63, 3.8) is 0 Å². The molecule has 2 heteroatoms. The smallest absolute Gasteiger partial charge is 0.0984 e. The Hall–Kier alpha value is -0.810. The molecule has 0 aromatic heterocycles. The van der Waals surface area contributed by atoms with Crippen LogP contribution in [0.15, 0.2) is 12.2 Å². The molecule has 0 aromatic rings. The first-order valence-electron chi connectivity index (χ1n) is 4.66. The van der Waals surface area contributed by atoms with Crippen molar-refractivity contribution in [1.82, 2.24) is 5.32 Å². The third-order valence-corrected chi connectivity index (χ3v) is 2.34. The molecule has 1 rings (SSSR count). The Balaban J connectivity index is 2.43. The van der Waals surface area contributed by atoms with Gasteiger partial charge in [-0.1, -0.05) is 19.1 Å². The van der Waals surface area contributed by atoms with Crippen LogP contribution in [0.4, 0.5) is 0 Å². The maximum atomic E-state index is 8.87. The average Bonchev–Trinajstić information content (AvgIpc) is 2.15. The topological polar surface area (TPSA) is 35.8 Å². The zero-order valence-corrected chi connectivity index (χ0v) is 7.59. The number of allylic oxidation sites excluding steroid dienone is 2. The van der Waals surface area contributed by atoms with Crippen LogP contribution in [0.3, 0.4) is 0 Å². The van der Waals surface area contributed by atoms with Gasteiger partial charge in [-0.3, -0.25) is 0 Å². The molecule has 0 heterocycles. The molecule has 2 unspecified atom stereocenters. The summed E-state index contributed by atoms with van der Waals surface area (Å²) >= 11 is 0. The van der Waals surface area contributed by atoms with Crippen molar-refractivity contribution in [3.05, 3.63) is 12.2 Å². The Morgan fingerprint density at radius 1 is 1.67 bits per heavy atom. The van der Waals surface area contributed by atoms with Crippen molar-refractivity contribution in [3.8, 4) is 6.07 Å². The van der Waals surface area contributed by atoms with Gasteiger partial charge in [-0.15, -0.1) is 0 Å². The Bertz CT molecular complexity index is 191. The van der Waals surface area contributed by atoms with E-state index in [-0.39, 0.29) is 6.04 Å². The lowest BCUT2D eigenvalue weighted by molar-refractivity contribution is 0.389. The number of rotatable bonds is 3. The van der Waals surface area contributed by atoms with Gasteiger partial charge in [0.2, 0.25) is 0 Å². The summed E-state index contributed by atoms with van der Waals surface area (Å²) in [5, 5.41) is 12.1. The minimum Gasteiger partial charge on any atom is -0.302 e. The van der Waals surface area contributed by atoms with Crippen molar-refractivity contribution in [1.29, 1.82) is 5.26 Å². The average molecular weight is 164 g/mol. The molecule has 2 nitrogen and oxygen atoms in total. The summed E-state index contributed by atoms with van der Waals surface area (Å²) in [6, 6.07) is 2.38. The molecule has 1 N–H and O–H groups in total. The third kappa shape index (κ3) is 2.35. The van der Waals surface area contributed by atoms with E-state index >= 15 is 0 Å². The Morgan fingerprint density at radius 2 is 2.50 bits per heavy atom. The molecular formula is C10H16N2. The normalized spacial score (nSPS) is 24.8. The SMILES string of the molecule is CCNC(C#N)C1CC=CCC1. The molecule has 0 saturated carbocycles. The first-order valence-corrected chi connectivity index (χ1v) is 4.66. The molecule has 66 valence electrons. The lowest BCUT2D eigenvalue weighted by atomic mass is 9.88. The third-order valence-electron chi connectivity index (χ3n) is 2.34. The van der Waals surface area contributed by atoms with Gasteiger partial charge in [-0.2, -0.15) is 5.26 Å². The maximum Gasteiger partial charge on any atom is 0.0984 e. The zero-order chi connectivity index (χ0) is 8.81. The summed E-state index contributed by atoms with van der Waals surface area (Å²) in [5.41, 5.74) is 0. The summed E-state index contributed by atoms with van der Waals surface area (Å²) < 4.78 is 0. The number of nitrogens with one attached hydrogen (secondary N) is 1. The predicted octanol–water partition coefficient (Wildman–Crippen LogP) is 1.84. The summed E-state index contributed by atoms with van der Waals surface area (Å²) in [6.07, 6.45) is 7.74. The van der Waals surface area contributed by atoms with Crippen LogP contribution in [0.25, 0.3) is 0 Å². The van der Waals surface area contributed by atoms with E-state index in [1.165, 1.54) is 0 Å². The van der Waals surface area contributed by atoms with E-state index in [1.807, 2.05) is 6.92 Å². The van der Waals surface area contributed by atoms with Gasteiger partial charge in [0.05, 0.1) is 12.1 Å². The quantitative estimate of drug-likeness (QED) is 0.646. The largest absolute Gasteiger partial charge is 0.302 e. The van der Waals surface area contributed by atoms with Crippen molar-refractivity contribution in [2.45, 2.75) is 32.2 Å². The number of nitriles is 1. The molecule has 1 aliphatic carbocycles. The standard InChI is InChI=1S/C10H16N2/c1-2-12-10(8-11)9-6-4-3-5-7-9/h3-4,9-10,12H,2,5-7H2,1H3. The lowest BCUT2D eigenvalue weighted by Crippen LogP contribution is -2.35. The Labute approximate surface area is 74.3 Å². The molecule has 0 radical (unpaired) electrons. The summed E-state index contributed by atoms with van der Waals surface area (Å²) in [7, 11) is 0. The monoisotopic (exact) mass is 164 g/mol. The summed E-state index contributed by atoms with van der Waals surface area (Å²) in [4.78, 5) is 0. The molecule has 0 spiro atoms. The highest BCUT2D eigenvalue weighted by Crippen LogP contribution is 2.21. The highest BCUT2D eigenvalue weighted by molar-refractivity contribution is 5.01. The van der Waals surface area contributed by atoms with Gasteiger partial charge < -0.3 is 5.32 Å². The lowest BCUT2D eigenvalue weighted by Gasteiger charge is -2.22. The van der Waals surface area contributed by atoms with Gasteiger partial charge in [0, 0.05) is 0 Å². The number of hydrogen-bond donors (Lipinski definition) is 1. The van der Waals surface area contributed by atoms with E-state index in [9.17, 15) is 0 Å². The second-order valence-electron chi connectivity index (χ2n) is 3.21. The highest BCUT2D eigenvalue weighted by Gasteiger charge is 2.19. The van der Waals surface area contributed by atoms with Gasteiger partial charge in [0.1, 0.15) is 0 Å². The van der Waals surface area contributed by atoms with Gasteiger partial charge in [0.15, 0.2) is 0 Å². The molecule has 0 aromatic carbocycles. The van der Waals surface area contributed by atoms with Crippen molar-refractivity contribution < 1.29 is 0 Å². The molecule has 0 fully saturated rings. The minimum absolute atomic E-state index is 0.0555. The molecule has 0 bridgehead atoms. The highest BCUT2D eigenvalue weighted by atomic mass is 14.9. The van der Waals surface area contributed by atoms with Crippen molar-refractivity contribution in [2.75, 3.05) is 6.54 Å². The first-order chi connectivity index (χ1) is 5.88. The van der Waals surface area contributed by atoms with E-state index in [1.54, 1.807) is 0 Å². The Kier molecular flexibility index (Phi) is 3.83. The molecule has 1 aliphatic rings. The number of hydrogen-bond acceptors (Lipinski definition) is 2. The molecule has 0 amide bonds. The fourth-order valence-corrected chi connectivity index (χ4v) is 1.66. The van der Waals surface area contributed by atoms with E-state index in [0.29, 0.717) is 5.92 Å². The van der Waals surface area contributed by atoms with Gasteiger partial charge in [0.25, 0.3) is 0 Å². The molecular weight excluding hydrogens is 148 g/mol. The molecule has 0 aliphatic heterocycles. The van der Waals surface area contributed by atoms with Crippen LogP contribution in [-0.2, 0) is 0 Å². The van der Waals surface area contributed by atoms with E-state index in [2.05, 4.69) is 23.5 Å². The van der Waals surface area contributed by atoms with Crippen LogP contribution in [0, 0.1) is 17.2 Å². The van der Waals surface area contributed by atoms with Crippen LogP contribution in [-0.4, -0.2) is 12.6 Å². The maximum absolute atomic E-state index is 8.87. The van der Waals surface area contributed by atoms with Crippen LogP contribution in [0.5, 0.6) is 0 Å². The van der Waals surface area contributed by atoms with Gasteiger partial charge >= 0.3 is 0 Å². The predicted molar refractivity (Wildman–Crippen MR) is 49.6 cm³/mol. The van der Waals surface area contributed by atoms with Gasteiger partial charge in [-0.25, -0.2) is 0 Å². The van der Waals surface area contributed by atoms with E-state index < -0.39 is 0 Å². The first kappa shape index (κ1) is 9.28. The van der Waals surface area contributed by atoms with Crippen LogP contribution in [0.1, 0.15) is 26.2 Å². The van der Waals surface area contributed by atoms with Crippen LogP contribution >= 0.6 is 0 Å². The minimum atomic E-state index is 0.0555. The van der Waals surface area contributed by atoms with Crippen molar-refractivity contribution >= 4 is 0 Å². The summed E-state index contributed by atoms with van der Waals surface area (Å²) in [6.45, 7) is 2.93. The fraction of sp³-hybridized carbons (Fsp3) is 0.700. The molecule has 2 atom stereocenters. The second-order valence-corrected chi connectivity index (χ2v) is 3.21. The zero-order valence-electron chi connectivity index (χ0n) is 7.59. The molecule has 0 saturated heterocycles. The van der Waals surface area contributed by atoms with E-state index in [0.717, 1.165) is 25.8 Å². The number of nitrogens with zero attached hydrogens (tertiary/aromatic N) is 1. The van der Waals surface area contributed by atoms with Crippen LogP contribution in [0.2, 0.25) is 0 Å².